The summed E-state index contributed by atoms with van der Waals surface area (Å²) in [7, 11) is 0. The third kappa shape index (κ3) is 2.27. The highest BCUT2D eigenvalue weighted by Crippen LogP contribution is 2.13. The number of aromatic nitrogens is 2. The van der Waals surface area contributed by atoms with Gasteiger partial charge in [-0.1, -0.05) is 11.7 Å². The number of nitrogens with zero attached hydrogens (tertiary/aromatic N) is 3. The molecule has 1 amide bonds. The van der Waals surface area contributed by atoms with Crippen LogP contribution in [-0.4, -0.2) is 40.1 Å². The molecule has 2 heterocycles. The fraction of sp³-hybridized carbons (Fsp3) is 0.500. The predicted molar refractivity (Wildman–Crippen MR) is 54.4 cm³/mol. The Morgan fingerprint density at radius 3 is 3.06 bits per heavy atom. The first-order valence-electron chi connectivity index (χ1n) is 5.01. The van der Waals surface area contributed by atoms with Gasteiger partial charge in [-0.25, -0.2) is 0 Å². The molecule has 0 bridgehead atoms. The van der Waals surface area contributed by atoms with E-state index in [2.05, 4.69) is 16.7 Å². The summed E-state index contributed by atoms with van der Waals surface area (Å²) in [6.07, 6.45) is 1.36. The number of likely N-dealkylation sites (tertiary alicyclic amines) is 1. The number of carbonyl (C=O) groups excluding carboxylic acids is 1. The minimum atomic E-state index is -0.0616. The van der Waals surface area contributed by atoms with Crippen molar-refractivity contribution in [1.82, 2.24) is 15.0 Å². The average Bonchev–Trinajstić information content (AvgIpc) is 2.61. The Balaban J connectivity index is 1.70. The Morgan fingerprint density at radius 2 is 2.50 bits per heavy atom. The number of ether oxygens (including phenoxy) is 1. The number of hydrogen-bond acceptors (Lipinski definition) is 5. The summed E-state index contributed by atoms with van der Waals surface area (Å²) >= 11 is 0. The van der Waals surface area contributed by atoms with Crippen LogP contribution in [0.1, 0.15) is 11.7 Å². The molecule has 0 radical (unpaired) electrons. The van der Waals surface area contributed by atoms with Crippen LogP contribution in [0.5, 0.6) is 0 Å². The maximum absolute atomic E-state index is 11.1. The second-order valence-corrected chi connectivity index (χ2v) is 3.62. The van der Waals surface area contributed by atoms with Crippen LogP contribution in [0.15, 0.2) is 17.2 Å². The smallest absolute Gasteiger partial charge is 0.252 e. The summed E-state index contributed by atoms with van der Waals surface area (Å²) in [6, 6.07) is 0. The van der Waals surface area contributed by atoms with Gasteiger partial charge in [-0.3, -0.25) is 4.79 Å². The fourth-order valence-electron chi connectivity index (χ4n) is 1.44. The SMILES string of the molecule is C=CC(=O)N1CC(OCc2nc(C)no2)C1. The minimum absolute atomic E-state index is 0.0520. The highest BCUT2D eigenvalue weighted by Gasteiger charge is 2.30. The van der Waals surface area contributed by atoms with Gasteiger partial charge in [0.2, 0.25) is 5.91 Å². The Labute approximate surface area is 92.9 Å². The number of rotatable bonds is 4. The van der Waals surface area contributed by atoms with Crippen molar-refractivity contribution < 1.29 is 14.1 Å². The monoisotopic (exact) mass is 223 g/mol. The van der Waals surface area contributed by atoms with Gasteiger partial charge in [0.25, 0.3) is 5.89 Å². The molecule has 0 aliphatic carbocycles. The topological polar surface area (TPSA) is 68.5 Å². The molecule has 1 aromatic heterocycles. The zero-order chi connectivity index (χ0) is 11.5. The van der Waals surface area contributed by atoms with Gasteiger partial charge in [0.05, 0.1) is 6.10 Å². The molecule has 6 heteroatoms. The van der Waals surface area contributed by atoms with Gasteiger partial charge < -0.3 is 14.2 Å². The lowest BCUT2D eigenvalue weighted by atomic mass is 10.1. The summed E-state index contributed by atoms with van der Waals surface area (Å²) in [4.78, 5) is 16.8. The zero-order valence-electron chi connectivity index (χ0n) is 9.05. The van der Waals surface area contributed by atoms with E-state index in [1.165, 1.54) is 6.08 Å². The molecule has 86 valence electrons. The second kappa shape index (κ2) is 4.44. The third-order valence-corrected chi connectivity index (χ3v) is 2.35. The van der Waals surface area contributed by atoms with E-state index in [1.807, 2.05) is 0 Å². The van der Waals surface area contributed by atoms with Gasteiger partial charge in [-0.2, -0.15) is 4.98 Å². The van der Waals surface area contributed by atoms with E-state index in [0.717, 1.165) is 0 Å². The van der Waals surface area contributed by atoms with E-state index in [1.54, 1.807) is 11.8 Å². The molecule has 1 aromatic rings. The fourth-order valence-corrected chi connectivity index (χ4v) is 1.44. The van der Waals surface area contributed by atoms with Crippen LogP contribution in [0.3, 0.4) is 0 Å². The Morgan fingerprint density at radius 1 is 1.75 bits per heavy atom. The molecule has 1 aliphatic rings. The number of hydrogen-bond donors (Lipinski definition) is 0. The zero-order valence-corrected chi connectivity index (χ0v) is 9.05. The van der Waals surface area contributed by atoms with E-state index in [-0.39, 0.29) is 12.0 Å². The van der Waals surface area contributed by atoms with Gasteiger partial charge in [-0.15, -0.1) is 0 Å². The lowest BCUT2D eigenvalue weighted by Crippen LogP contribution is -2.54. The first-order chi connectivity index (χ1) is 7.69. The molecule has 0 N–H and O–H groups in total. The van der Waals surface area contributed by atoms with Crippen molar-refractivity contribution in [2.45, 2.75) is 19.6 Å². The maximum atomic E-state index is 11.1. The summed E-state index contributed by atoms with van der Waals surface area (Å²) in [5, 5.41) is 3.65. The van der Waals surface area contributed by atoms with Gasteiger partial charge in [-0.05, 0) is 13.0 Å². The largest absolute Gasteiger partial charge is 0.365 e. The van der Waals surface area contributed by atoms with Crippen molar-refractivity contribution in [3.05, 3.63) is 24.4 Å². The molecule has 1 aliphatic heterocycles. The number of amides is 1. The highest BCUT2D eigenvalue weighted by molar-refractivity contribution is 5.87. The lowest BCUT2D eigenvalue weighted by molar-refractivity contribution is -0.141. The van der Waals surface area contributed by atoms with Crippen LogP contribution < -0.4 is 0 Å². The number of aryl methyl sites for hydroxylation is 1. The van der Waals surface area contributed by atoms with Crippen molar-refractivity contribution in [3.8, 4) is 0 Å². The van der Waals surface area contributed by atoms with Crippen LogP contribution in [-0.2, 0) is 16.1 Å². The summed E-state index contributed by atoms with van der Waals surface area (Å²) in [6.45, 7) is 6.65. The van der Waals surface area contributed by atoms with E-state index < -0.39 is 0 Å². The van der Waals surface area contributed by atoms with E-state index >= 15 is 0 Å². The van der Waals surface area contributed by atoms with Crippen molar-refractivity contribution in [1.29, 1.82) is 0 Å². The van der Waals surface area contributed by atoms with Gasteiger partial charge >= 0.3 is 0 Å². The number of carbonyl (C=O) groups is 1. The molecule has 0 aromatic carbocycles. The van der Waals surface area contributed by atoms with E-state index in [9.17, 15) is 4.79 Å². The average molecular weight is 223 g/mol. The van der Waals surface area contributed by atoms with Crippen LogP contribution in [0.4, 0.5) is 0 Å². The standard InChI is InChI=1S/C10H13N3O3/c1-3-10(14)13-4-8(5-13)15-6-9-11-7(2)12-16-9/h3,8H,1,4-6H2,2H3. The lowest BCUT2D eigenvalue weighted by Gasteiger charge is -2.37. The van der Waals surface area contributed by atoms with Crippen molar-refractivity contribution in [2.24, 2.45) is 0 Å². The molecule has 0 unspecified atom stereocenters. The molecular weight excluding hydrogens is 210 g/mol. The summed E-state index contributed by atoms with van der Waals surface area (Å²) < 4.78 is 10.4. The maximum Gasteiger partial charge on any atom is 0.252 e. The first-order valence-corrected chi connectivity index (χ1v) is 5.01. The van der Waals surface area contributed by atoms with Crippen LogP contribution in [0.2, 0.25) is 0 Å². The normalized spacial score (nSPS) is 15.9. The Kier molecular flexibility index (Phi) is 3.00. The molecule has 2 rings (SSSR count). The minimum Gasteiger partial charge on any atom is -0.365 e. The van der Waals surface area contributed by atoms with Gasteiger partial charge in [0.15, 0.2) is 5.82 Å². The molecule has 0 atom stereocenters. The molecule has 0 saturated carbocycles. The first kappa shape index (κ1) is 10.8. The predicted octanol–water partition coefficient (Wildman–Crippen LogP) is 0.291. The molecule has 6 nitrogen and oxygen atoms in total. The summed E-state index contributed by atoms with van der Waals surface area (Å²) in [5.41, 5.74) is 0. The van der Waals surface area contributed by atoms with Crippen LogP contribution in [0, 0.1) is 6.92 Å². The van der Waals surface area contributed by atoms with E-state index in [0.29, 0.717) is 31.4 Å². The quantitative estimate of drug-likeness (QED) is 0.686. The van der Waals surface area contributed by atoms with Gasteiger partial charge in [0.1, 0.15) is 6.61 Å². The van der Waals surface area contributed by atoms with Crippen LogP contribution in [0.25, 0.3) is 0 Å². The molecule has 1 fully saturated rings. The Bertz CT molecular complexity index is 396. The molecule has 1 saturated heterocycles. The van der Waals surface area contributed by atoms with Crippen molar-refractivity contribution in [2.75, 3.05) is 13.1 Å². The Hall–Kier alpha value is -1.69. The van der Waals surface area contributed by atoms with E-state index in [4.69, 9.17) is 9.26 Å². The molecular formula is C10H13N3O3. The van der Waals surface area contributed by atoms with Crippen LogP contribution >= 0.6 is 0 Å². The van der Waals surface area contributed by atoms with Gasteiger partial charge in [0, 0.05) is 13.1 Å². The highest BCUT2D eigenvalue weighted by atomic mass is 16.5. The third-order valence-electron chi connectivity index (χ3n) is 2.35. The second-order valence-electron chi connectivity index (χ2n) is 3.62. The summed E-state index contributed by atoms with van der Waals surface area (Å²) in [5.74, 6) is 0.996. The van der Waals surface area contributed by atoms with Crippen molar-refractivity contribution in [3.63, 3.8) is 0 Å². The molecule has 0 spiro atoms. The van der Waals surface area contributed by atoms with Crippen molar-refractivity contribution >= 4 is 5.91 Å². The molecule has 16 heavy (non-hydrogen) atoms.